The maximum Gasteiger partial charge on any atom is 0.222 e. The summed E-state index contributed by atoms with van der Waals surface area (Å²) in [5, 5.41) is 0. The number of hydrogen-bond acceptors (Lipinski definition) is 1. The van der Waals surface area contributed by atoms with Gasteiger partial charge in [0.15, 0.2) is 0 Å². The van der Waals surface area contributed by atoms with Crippen LogP contribution in [0.5, 0.6) is 0 Å². The number of aromatic nitrogens is 1. The summed E-state index contributed by atoms with van der Waals surface area (Å²) in [4.78, 5) is 14.4. The molecule has 0 unspecified atom stereocenters. The summed E-state index contributed by atoms with van der Waals surface area (Å²) < 4.78 is 2.24. The SMILES string of the molecule is CCCC(=O)N(Cc1cccn1Cc1ccccc1)CC(C)C. The van der Waals surface area contributed by atoms with Gasteiger partial charge in [0.25, 0.3) is 0 Å². The molecule has 1 amide bonds. The van der Waals surface area contributed by atoms with Crippen LogP contribution in [0.15, 0.2) is 48.7 Å². The quantitative estimate of drug-likeness (QED) is 0.712. The number of hydrogen-bond donors (Lipinski definition) is 0. The topological polar surface area (TPSA) is 25.2 Å². The van der Waals surface area contributed by atoms with Crippen LogP contribution in [-0.2, 0) is 17.9 Å². The second-order valence-electron chi connectivity index (χ2n) is 6.53. The molecular weight excluding hydrogens is 284 g/mol. The Kier molecular flexibility index (Phi) is 6.45. The van der Waals surface area contributed by atoms with Crippen molar-refractivity contribution in [3.05, 3.63) is 59.9 Å². The lowest BCUT2D eigenvalue weighted by Crippen LogP contribution is -2.34. The maximum absolute atomic E-state index is 12.4. The van der Waals surface area contributed by atoms with E-state index in [1.165, 1.54) is 11.3 Å². The molecule has 0 saturated carbocycles. The van der Waals surface area contributed by atoms with Gasteiger partial charge in [-0.1, -0.05) is 51.1 Å². The van der Waals surface area contributed by atoms with Crippen LogP contribution in [-0.4, -0.2) is 21.9 Å². The highest BCUT2D eigenvalue weighted by molar-refractivity contribution is 5.76. The fourth-order valence-electron chi connectivity index (χ4n) is 2.79. The zero-order chi connectivity index (χ0) is 16.7. The zero-order valence-electron chi connectivity index (χ0n) is 14.5. The van der Waals surface area contributed by atoms with E-state index in [-0.39, 0.29) is 5.91 Å². The normalized spacial score (nSPS) is 11.0. The number of carbonyl (C=O) groups excluding carboxylic acids is 1. The molecule has 1 aromatic heterocycles. The van der Waals surface area contributed by atoms with E-state index in [4.69, 9.17) is 0 Å². The second kappa shape index (κ2) is 8.56. The molecule has 0 atom stereocenters. The molecule has 0 aliphatic heterocycles. The minimum absolute atomic E-state index is 0.258. The summed E-state index contributed by atoms with van der Waals surface area (Å²) in [5.41, 5.74) is 2.47. The van der Waals surface area contributed by atoms with E-state index >= 15 is 0 Å². The van der Waals surface area contributed by atoms with Crippen molar-refractivity contribution in [3.8, 4) is 0 Å². The first-order valence-electron chi connectivity index (χ1n) is 8.55. The molecule has 0 aliphatic carbocycles. The summed E-state index contributed by atoms with van der Waals surface area (Å²) in [7, 11) is 0. The molecule has 0 bridgehead atoms. The van der Waals surface area contributed by atoms with Crippen molar-refractivity contribution in [2.45, 2.75) is 46.7 Å². The Morgan fingerprint density at radius 3 is 2.52 bits per heavy atom. The molecule has 0 N–H and O–H groups in total. The maximum atomic E-state index is 12.4. The van der Waals surface area contributed by atoms with Crippen LogP contribution >= 0.6 is 0 Å². The van der Waals surface area contributed by atoms with Gasteiger partial charge in [-0.25, -0.2) is 0 Å². The highest BCUT2D eigenvalue weighted by atomic mass is 16.2. The number of nitrogens with zero attached hydrogens (tertiary/aromatic N) is 2. The van der Waals surface area contributed by atoms with Crippen LogP contribution in [0.1, 0.15) is 44.9 Å². The van der Waals surface area contributed by atoms with Crippen LogP contribution in [0.2, 0.25) is 0 Å². The summed E-state index contributed by atoms with van der Waals surface area (Å²) >= 11 is 0. The molecular formula is C20H28N2O. The third-order valence-electron chi connectivity index (χ3n) is 3.87. The third-order valence-corrected chi connectivity index (χ3v) is 3.87. The van der Waals surface area contributed by atoms with Gasteiger partial charge in [-0.2, -0.15) is 0 Å². The molecule has 3 nitrogen and oxygen atoms in total. The molecule has 3 heteroatoms. The van der Waals surface area contributed by atoms with Gasteiger partial charge in [0, 0.05) is 31.4 Å². The molecule has 0 saturated heterocycles. The molecule has 2 aromatic rings. The zero-order valence-corrected chi connectivity index (χ0v) is 14.5. The molecule has 124 valence electrons. The van der Waals surface area contributed by atoms with E-state index in [1.54, 1.807) is 0 Å². The molecule has 1 aromatic carbocycles. The molecule has 1 heterocycles. The van der Waals surface area contributed by atoms with E-state index in [2.05, 4.69) is 67.9 Å². The number of carbonyl (C=O) groups is 1. The lowest BCUT2D eigenvalue weighted by Gasteiger charge is -2.25. The van der Waals surface area contributed by atoms with Crippen LogP contribution < -0.4 is 0 Å². The highest BCUT2D eigenvalue weighted by Gasteiger charge is 2.16. The Morgan fingerprint density at radius 1 is 1.13 bits per heavy atom. The minimum Gasteiger partial charge on any atom is -0.345 e. The van der Waals surface area contributed by atoms with Crippen LogP contribution in [0, 0.1) is 5.92 Å². The average Bonchev–Trinajstić information content (AvgIpc) is 2.94. The van der Waals surface area contributed by atoms with E-state index in [0.717, 1.165) is 19.5 Å². The van der Waals surface area contributed by atoms with Crippen molar-refractivity contribution < 1.29 is 4.79 Å². The van der Waals surface area contributed by atoms with Gasteiger partial charge < -0.3 is 9.47 Å². The first-order chi connectivity index (χ1) is 11.1. The van der Waals surface area contributed by atoms with Gasteiger partial charge in [0.05, 0.1) is 6.54 Å². The van der Waals surface area contributed by atoms with E-state index in [1.807, 2.05) is 11.0 Å². The smallest absolute Gasteiger partial charge is 0.222 e. The Bertz CT molecular complexity index is 601. The summed E-state index contributed by atoms with van der Waals surface area (Å²) in [6.07, 6.45) is 3.63. The molecule has 2 rings (SSSR count). The molecule has 23 heavy (non-hydrogen) atoms. The third kappa shape index (κ3) is 5.27. The summed E-state index contributed by atoms with van der Waals surface area (Å²) in [6, 6.07) is 14.6. The lowest BCUT2D eigenvalue weighted by molar-refractivity contribution is -0.132. The predicted octanol–water partition coefficient (Wildman–Crippen LogP) is 4.32. The Balaban J connectivity index is 2.11. The molecule has 0 aliphatic rings. The lowest BCUT2D eigenvalue weighted by atomic mass is 10.1. The van der Waals surface area contributed by atoms with Gasteiger partial charge in [-0.15, -0.1) is 0 Å². The Morgan fingerprint density at radius 2 is 1.87 bits per heavy atom. The van der Waals surface area contributed by atoms with E-state index in [9.17, 15) is 4.79 Å². The van der Waals surface area contributed by atoms with Crippen LogP contribution in [0.3, 0.4) is 0 Å². The van der Waals surface area contributed by atoms with Crippen molar-refractivity contribution in [3.63, 3.8) is 0 Å². The average molecular weight is 312 g/mol. The fraction of sp³-hybridized carbons (Fsp3) is 0.450. The molecule has 0 spiro atoms. The van der Waals surface area contributed by atoms with Gasteiger partial charge in [-0.05, 0) is 30.0 Å². The van der Waals surface area contributed by atoms with E-state index < -0.39 is 0 Å². The fourth-order valence-corrected chi connectivity index (χ4v) is 2.79. The van der Waals surface area contributed by atoms with Crippen molar-refractivity contribution in [1.29, 1.82) is 0 Å². The summed E-state index contributed by atoms with van der Waals surface area (Å²) in [6.45, 7) is 8.74. The Labute approximate surface area is 139 Å². The minimum atomic E-state index is 0.258. The molecule has 0 radical (unpaired) electrons. The van der Waals surface area contributed by atoms with Crippen molar-refractivity contribution in [1.82, 2.24) is 9.47 Å². The number of benzene rings is 1. The van der Waals surface area contributed by atoms with Crippen molar-refractivity contribution in [2.24, 2.45) is 5.92 Å². The monoisotopic (exact) mass is 312 g/mol. The van der Waals surface area contributed by atoms with Gasteiger partial charge in [0.2, 0.25) is 5.91 Å². The molecule has 0 fully saturated rings. The van der Waals surface area contributed by atoms with Gasteiger partial charge >= 0.3 is 0 Å². The van der Waals surface area contributed by atoms with E-state index in [0.29, 0.717) is 18.9 Å². The highest BCUT2D eigenvalue weighted by Crippen LogP contribution is 2.13. The Hall–Kier alpha value is -2.03. The van der Waals surface area contributed by atoms with Gasteiger partial charge in [0.1, 0.15) is 0 Å². The first kappa shape index (κ1) is 17.3. The predicted molar refractivity (Wildman–Crippen MR) is 95.1 cm³/mol. The number of amides is 1. The van der Waals surface area contributed by atoms with Crippen LogP contribution in [0.4, 0.5) is 0 Å². The standard InChI is InChI=1S/C20H28N2O/c1-4-9-20(23)22(14-17(2)3)16-19-12-8-13-21(19)15-18-10-6-5-7-11-18/h5-8,10-13,17H,4,9,14-16H2,1-3H3. The van der Waals surface area contributed by atoms with Gasteiger partial charge in [-0.3, -0.25) is 4.79 Å². The largest absolute Gasteiger partial charge is 0.345 e. The summed E-state index contributed by atoms with van der Waals surface area (Å²) in [5.74, 6) is 0.738. The van der Waals surface area contributed by atoms with Crippen molar-refractivity contribution in [2.75, 3.05) is 6.54 Å². The van der Waals surface area contributed by atoms with Crippen molar-refractivity contribution >= 4 is 5.91 Å². The number of rotatable bonds is 8. The van der Waals surface area contributed by atoms with Crippen LogP contribution in [0.25, 0.3) is 0 Å². The first-order valence-corrected chi connectivity index (χ1v) is 8.55. The second-order valence-corrected chi connectivity index (χ2v) is 6.53.